The molecule has 0 aliphatic rings. The highest BCUT2D eigenvalue weighted by atomic mass is 16.5. The molecule has 1 amide bonds. The zero-order valence-corrected chi connectivity index (χ0v) is 13.8. The maximum atomic E-state index is 12.3. The molecule has 124 valence electrons. The molecule has 0 aliphatic carbocycles. The van der Waals surface area contributed by atoms with Gasteiger partial charge in [0.15, 0.2) is 11.5 Å². The van der Waals surface area contributed by atoms with E-state index in [4.69, 9.17) is 9.47 Å². The Morgan fingerprint density at radius 2 is 2.13 bits per heavy atom. The number of amides is 1. The quantitative estimate of drug-likeness (QED) is 0.846. The van der Waals surface area contributed by atoms with Crippen molar-refractivity contribution < 1.29 is 14.3 Å². The minimum absolute atomic E-state index is 0.129. The maximum Gasteiger partial charge on any atom is 0.245 e. The summed E-state index contributed by atoms with van der Waals surface area (Å²) in [6.07, 6.45) is 2.93. The van der Waals surface area contributed by atoms with Crippen LogP contribution < -0.4 is 14.8 Å². The van der Waals surface area contributed by atoms with Gasteiger partial charge in [-0.15, -0.1) is 0 Å². The van der Waals surface area contributed by atoms with E-state index in [1.54, 1.807) is 14.0 Å². The molecule has 0 aliphatic heterocycles. The third-order valence-corrected chi connectivity index (χ3v) is 3.56. The molecule has 0 spiro atoms. The van der Waals surface area contributed by atoms with E-state index in [0.717, 1.165) is 5.56 Å². The summed E-state index contributed by atoms with van der Waals surface area (Å²) in [6.45, 7) is 6.18. The molecule has 0 saturated carbocycles. The number of benzene rings is 1. The second-order valence-corrected chi connectivity index (χ2v) is 5.13. The van der Waals surface area contributed by atoms with Gasteiger partial charge in [-0.2, -0.15) is 5.10 Å². The average molecular weight is 318 g/mol. The molecule has 7 heteroatoms. The number of hydrogen-bond donors (Lipinski definition) is 1. The molecule has 0 bridgehead atoms. The van der Waals surface area contributed by atoms with Crippen LogP contribution in [0.2, 0.25) is 0 Å². The van der Waals surface area contributed by atoms with Crippen molar-refractivity contribution in [1.82, 2.24) is 20.1 Å². The number of carbonyl (C=O) groups is 1. The van der Waals surface area contributed by atoms with Gasteiger partial charge in [-0.05, 0) is 38.5 Å². The van der Waals surface area contributed by atoms with Crippen LogP contribution in [0, 0.1) is 0 Å². The molecule has 1 N–H and O–H groups in total. The van der Waals surface area contributed by atoms with Crippen LogP contribution in [0.25, 0.3) is 0 Å². The topological polar surface area (TPSA) is 78.3 Å². The second-order valence-electron chi connectivity index (χ2n) is 5.13. The lowest BCUT2D eigenvalue weighted by atomic mass is 10.1. The Morgan fingerprint density at radius 1 is 1.35 bits per heavy atom. The van der Waals surface area contributed by atoms with Gasteiger partial charge < -0.3 is 14.8 Å². The first-order valence-electron chi connectivity index (χ1n) is 7.52. The predicted octanol–water partition coefficient (Wildman–Crippen LogP) is 2.12. The highest BCUT2D eigenvalue weighted by Gasteiger charge is 2.19. The van der Waals surface area contributed by atoms with Crippen molar-refractivity contribution in [2.75, 3.05) is 13.7 Å². The summed E-state index contributed by atoms with van der Waals surface area (Å²) in [5, 5.41) is 6.95. The first-order valence-corrected chi connectivity index (χ1v) is 7.52. The fourth-order valence-electron chi connectivity index (χ4n) is 2.18. The third-order valence-electron chi connectivity index (χ3n) is 3.56. The molecule has 7 nitrogen and oxygen atoms in total. The first-order chi connectivity index (χ1) is 11.1. The number of ether oxygens (including phenoxy) is 2. The molecule has 2 rings (SSSR count). The van der Waals surface area contributed by atoms with Gasteiger partial charge in [0.2, 0.25) is 5.91 Å². The van der Waals surface area contributed by atoms with Gasteiger partial charge in [0, 0.05) is 0 Å². The van der Waals surface area contributed by atoms with Crippen molar-refractivity contribution in [2.45, 2.75) is 32.9 Å². The number of hydrogen-bond acceptors (Lipinski definition) is 5. The van der Waals surface area contributed by atoms with Crippen molar-refractivity contribution in [3.8, 4) is 11.5 Å². The normalized spacial score (nSPS) is 13.2. The number of nitrogens with zero attached hydrogens (tertiary/aromatic N) is 3. The van der Waals surface area contributed by atoms with E-state index in [9.17, 15) is 4.79 Å². The lowest BCUT2D eigenvalue weighted by molar-refractivity contribution is -0.124. The van der Waals surface area contributed by atoms with Crippen molar-refractivity contribution in [3.63, 3.8) is 0 Å². The van der Waals surface area contributed by atoms with Crippen molar-refractivity contribution in [3.05, 3.63) is 36.4 Å². The molecule has 1 heterocycles. The summed E-state index contributed by atoms with van der Waals surface area (Å²) in [5.41, 5.74) is 0.935. The fourth-order valence-corrected chi connectivity index (χ4v) is 2.18. The Kier molecular flexibility index (Phi) is 5.56. The monoisotopic (exact) mass is 318 g/mol. The van der Waals surface area contributed by atoms with Crippen LogP contribution >= 0.6 is 0 Å². The summed E-state index contributed by atoms with van der Waals surface area (Å²) in [5.74, 6) is 1.21. The van der Waals surface area contributed by atoms with Gasteiger partial charge in [-0.25, -0.2) is 9.67 Å². The number of rotatable bonds is 7. The summed E-state index contributed by atoms with van der Waals surface area (Å²) < 4.78 is 12.4. The molecule has 2 atom stereocenters. The predicted molar refractivity (Wildman–Crippen MR) is 85.5 cm³/mol. The van der Waals surface area contributed by atoms with E-state index in [1.165, 1.54) is 17.3 Å². The van der Waals surface area contributed by atoms with Gasteiger partial charge in [0.25, 0.3) is 0 Å². The fraction of sp³-hybridized carbons (Fsp3) is 0.438. The van der Waals surface area contributed by atoms with Crippen LogP contribution in [0.1, 0.15) is 38.4 Å². The Labute approximate surface area is 135 Å². The van der Waals surface area contributed by atoms with E-state index >= 15 is 0 Å². The highest BCUT2D eigenvalue weighted by Crippen LogP contribution is 2.30. The SMILES string of the molecule is CCOc1ccc([C@H](C)NC(=O)[C@@H](C)n2cncn2)cc1OC. The molecule has 1 aromatic carbocycles. The molecule has 0 unspecified atom stereocenters. The van der Waals surface area contributed by atoms with Gasteiger partial charge in [-0.1, -0.05) is 6.07 Å². The van der Waals surface area contributed by atoms with Crippen LogP contribution in [0.5, 0.6) is 11.5 Å². The smallest absolute Gasteiger partial charge is 0.245 e. The molecule has 2 aromatic rings. The summed E-state index contributed by atoms with van der Waals surface area (Å²) >= 11 is 0. The zero-order valence-electron chi connectivity index (χ0n) is 13.8. The molecule has 0 saturated heterocycles. The standard InChI is InChI=1S/C16H22N4O3/c1-5-23-14-7-6-13(8-15(14)22-4)11(2)19-16(21)12(3)20-10-17-9-18-20/h6-12H,5H2,1-4H3,(H,19,21)/t11-,12+/m0/s1. The minimum atomic E-state index is -0.426. The van der Waals surface area contributed by atoms with Gasteiger partial charge in [0.1, 0.15) is 18.7 Å². The summed E-state index contributed by atoms with van der Waals surface area (Å²) in [4.78, 5) is 16.1. The van der Waals surface area contributed by atoms with Crippen LogP contribution in [0.15, 0.2) is 30.9 Å². The third kappa shape index (κ3) is 4.00. The number of carbonyl (C=O) groups excluding carboxylic acids is 1. The van der Waals surface area contributed by atoms with Crippen LogP contribution in [0.3, 0.4) is 0 Å². The van der Waals surface area contributed by atoms with Gasteiger partial charge in [0.05, 0.1) is 19.8 Å². The van der Waals surface area contributed by atoms with Gasteiger partial charge in [-0.3, -0.25) is 4.79 Å². The highest BCUT2D eigenvalue weighted by molar-refractivity contribution is 5.80. The maximum absolute atomic E-state index is 12.3. The second kappa shape index (κ2) is 7.62. The van der Waals surface area contributed by atoms with E-state index < -0.39 is 6.04 Å². The Balaban J connectivity index is 2.08. The summed E-state index contributed by atoms with van der Waals surface area (Å²) in [7, 11) is 1.59. The number of nitrogens with one attached hydrogen (secondary N) is 1. The molecule has 23 heavy (non-hydrogen) atoms. The molecule has 1 aromatic heterocycles. The van der Waals surface area contributed by atoms with Crippen molar-refractivity contribution >= 4 is 5.91 Å². The largest absolute Gasteiger partial charge is 0.493 e. The molecular weight excluding hydrogens is 296 g/mol. The average Bonchev–Trinajstić information content (AvgIpc) is 3.09. The summed E-state index contributed by atoms with van der Waals surface area (Å²) in [6, 6.07) is 5.04. The van der Waals surface area contributed by atoms with E-state index in [2.05, 4.69) is 15.4 Å². The minimum Gasteiger partial charge on any atom is -0.493 e. The van der Waals surface area contributed by atoms with Crippen molar-refractivity contribution in [2.24, 2.45) is 0 Å². The zero-order chi connectivity index (χ0) is 16.8. The Bertz CT molecular complexity index is 643. The lowest BCUT2D eigenvalue weighted by Gasteiger charge is -2.19. The van der Waals surface area contributed by atoms with E-state index in [-0.39, 0.29) is 11.9 Å². The molecular formula is C16H22N4O3. The van der Waals surface area contributed by atoms with Gasteiger partial charge >= 0.3 is 0 Å². The van der Waals surface area contributed by atoms with E-state index in [1.807, 2.05) is 32.0 Å². The molecule has 0 radical (unpaired) electrons. The van der Waals surface area contributed by atoms with E-state index in [0.29, 0.717) is 18.1 Å². The number of aromatic nitrogens is 3. The Morgan fingerprint density at radius 3 is 2.74 bits per heavy atom. The molecule has 0 fully saturated rings. The lowest BCUT2D eigenvalue weighted by Crippen LogP contribution is -2.33. The first kappa shape index (κ1) is 16.8. The van der Waals surface area contributed by atoms with Crippen LogP contribution in [-0.4, -0.2) is 34.4 Å². The van der Waals surface area contributed by atoms with Crippen LogP contribution in [-0.2, 0) is 4.79 Å². The van der Waals surface area contributed by atoms with Crippen LogP contribution in [0.4, 0.5) is 0 Å². The van der Waals surface area contributed by atoms with Crippen molar-refractivity contribution in [1.29, 1.82) is 0 Å². The number of methoxy groups -OCH3 is 1. The Hall–Kier alpha value is -2.57.